The molecule has 0 aromatic carbocycles. The molecule has 14 heavy (non-hydrogen) atoms. The lowest BCUT2D eigenvalue weighted by molar-refractivity contribution is -0.498. The van der Waals surface area contributed by atoms with Crippen molar-refractivity contribution in [2.75, 3.05) is 0 Å². The molecule has 0 N–H and O–H groups in total. The summed E-state index contributed by atoms with van der Waals surface area (Å²) in [5.41, 5.74) is 1.62. The Bertz CT molecular complexity index is 491. The summed E-state index contributed by atoms with van der Waals surface area (Å²) < 4.78 is 1.64. The topological polar surface area (TPSA) is 73.3 Å². The van der Waals surface area contributed by atoms with Crippen LogP contribution >= 0.6 is 0 Å². The van der Waals surface area contributed by atoms with Crippen LogP contribution in [-0.4, -0.2) is 19.5 Å². The maximum absolute atomic E-state index is 10.3. The molecule has 6 heteroatoms. The van der Waals surface area contributed by atoms with Crippen molar-refractivity contribution in [3.05, 3.63) is 39.8 Å². The van der Waals surface area contributed by atoms with Crippen LogP contribution in [-0.2, 0) is 6.54 Å². The van der Waals surface area contributed by atoms with E-state index in [0.29, 0.717) is 11.5 Å². The normalized spacial score (nSPS) is 10.6. The number of hydrogen-bond acceptors (Lipinski definition) is 4. The first-order valence-corrected chi connectivity index (χ1v) is 4.09. The van der Waals surface area contributed by atoms with Crippen LogP contribution in [0.5, 0.6) is 0 Å². The Morgan fingerprint density at radius 2 is 2.36 bits per heavy atom. The van der Waals surface area contributed by atoms with Gasteiger partial charge in [0.25, 0.3) is 6.54 Å². The van der Waals surface area contributed by atoms with E-state index in [4.69, 9.17) is 0 Å². The molecule has 2 rings (SSSR count). The van der Waals surface area contributed by atoms with Gasteiger partial charge in [0.05, 0.1) is 0 Å². The smallest absolute Gasteiger partial charge is 0.263 e. The van der Waals surface area contributed by atoms with Crippen LogP contribution in [0.3, 0.4) is 0 Å². The van der Waals surface area contributed by atoms with E-state index in [2.05, 4.69) is 10.2 Å². The first-order chi connectivity index (χ1) is 6.68. The highest BCUT2D eigenvalue weighted by Gasteiger charge is 2.11. The zero-order valence-corrected chi connectivity index (χ0v) is 7.54. The lowest BCUT2D eigenvalue weighted by Gasteiger charge is -1.96. The van der Waals surface area contributed by atoms with Gasteiger partial charge in [-0.1, -0.05) is 6.07 Å². The Morgan fingerprint density at radius 1 is 1.57 bits per heavy atom. The molecule has 0 fully saturated rings. The van der Waals surface area contributed by atoms with E-state index in [1.165, 1.54) is 0 Å². The minimum Gasteiger partial charge on any atom is -0.281 e. The average Bonchev–Trinajstić information content (AvgIpc) is 2.49. The van der Waals surface area contributed by atoms with Gasteiger partial charge >= 0.3 is 0 Å². The summed E-state index contributed by atoms with van der Waals surface area (Å²) in [4.78, 5) is 9.90. The van der Waals surface area contributed by atoms with Crippen LogP contribution < -0.4 is 0 Å². The number of fused-ring (bicyclic) bond motifs is 1. The van der Waals surface area contributed by atoms with Gasteiger partial charge in [0, 0.05) is 11.1 Å². The number of nitro groups is 1. The maximum atomic E-state index is 10.3. The minimum atomic E-state index is -0.418. The van der Waals surface area contributed by atoms with E-state index < -0.39 is 4.92 Å². The quantitative estimate of drug-likeness (QED) is 0.521. The highest BCUT2D eigenvalue weighted by Crippen LogP contribution is 2.08. The number of aryl methyl sites for hydroxylation is 1. The Hall–Kier alpha value is -1.98. The first-order valence-electron chi connectivity index (χ1n) is 4.09. The lowest BCUT2D eigenvalue weighted by atomic mass is 10.3. The fourth-order valence-electron chi connectivity index (χ4n) is 1.32. The molecule has 0 bridgehead atoms. The average molecular weight is 192 g/mol. The predicted octanol–water partition coefficient (Wildman–Crippen LogP) is 0.814. The SMILES string of the molecule is Cc1cccn2c(C[N+](=O)[O-])nnc12. The molecule has 0 spiro atoms. The van der Waals surface area contributed by atoms with Crippen molar-refractivity contribution in [1.29, 1.82) is 0 Å². The van der Waals surface area contributed by atoms with Crippen molar-refractivity contribution in [2.45, 2.75) is 13.5 Å². The zero-order valence-electron chi connectivity index (χ0n) is 7.54. The number of nitrogens with zero attached hydrogens (tertiary/aromatic N) is 4. The van der Waals surface area contributed by atoms with E-state index >= 15 is 0 Å². The molecule has 72 valence electrons. The summed E-state index contributed by atoms with van der Waals surface area (Å²) >= 11 is 0. The second-order valence-corrected chi connectivity index (χ2v) is 2.99. The van der Waals surface area contributed by atoms with Crippen LogP contribution in [0.1, 0.15) is 11.4 Å². The van der Waals surface area contributed by atoms with Gasteiger partial charge in [0.15, 0.2) is 5.65 Å². The van der Waals surface area contributed by atoms with Gasteiger partial charge in [-0.2, -0.15) is 0 Å². The van der Waals surface area contributed by atoms with Gasteiger partial charge in [-0.15, -0.1) is 10.2 Å². The molecule has 2 heterocycles. The van der Waals surface area contributed by atoms with Crippen LogP contribution in [0.25, 0.3) is 5.65 Å². The Labute approximate surface area is 79.3 Å². The van der Waals surface area contributed by atoms with E-state index in [1.54, 1.807) is 10.6 Å². The Morgan fingerprint density at radius 3 is 3.07 bits per heavy atom. The van der Waals surface area contributed by atoms with E-state index in [1.807, 2.05) is 19.1 Å². The molecule has 0 saturated carbocycles. The van der Waals surface area contributed by atoms with E-state index in [-0.39, 0.29) is 6.54 Å². The molecule has 0 radical (unpaired) electrons. The Kier molecular flexibility index (Phi) is 1.88. The van der Waals surface area contributed by atoms with Crippen LogP contribution in [0.15, 0.2) is 18.3 Å². The van der Waals surface area contributed by atoms with Crippen molar-refractivity contribution in [3.8, 4) is 0 Å². The van der Waals surface area contributed by atoms with Gasteiger partial charge in [-0.05, 0) is 18.6 Å². The number of aromatic nitrogens is 3. The fraction of sp³-hybridized carbons (Fsp3) is 0.250. The van der Waals surface area contributed by atoms with Crippen molar-refractivity contribution >= 4 is 5.65 Å². The van der Waals surface area contributed by atoms with Crippen LogP contribution in [0.4, 0.5) is 0 Å². The summed E-state index contributed by atoms with van der Waals surface area (Å²) in [5.74, 6) is 0.355. The van der Waals surface area contributed by atoms with Crippen molar-refractivity contribution in [3.63, 3.8) is 0 Å². The van der Waals surface area contributed by atoms with Crippen molar-refractivity contribution in [1.82, 2.24) is 14.6 Å². The van der Waals surface area contributed by atoms with E-state index in [9.17, 15) is 10.1 Å². The fourth-order valence-corrected chi connectivity index (χ4v) is 1.32. The second kappa shape index (κ2) is 3.06. The molecule has 0 aliphatic carbocycles. The van der Waals surface area contributed by atoms with Gasteiger partial charge < -0.3 is 0 Å². The monoisotopic (exact) mass is 192 g/mol. The standard InChI is InChI=1S/C8H8N4O2/c1-6-3-2-4-11-7(5-12(13)14)9-10-8(6)11/h2-4H,5H2,1H3. The molecule has 6 nitrogen and oxygen atoms in total. The van der Waals surface area contributed by atoms with Crippen molar-refractivity contribution in [2.24, 2.45) is 0 Å². The summed E-state index contributed by atoms with van der Waals surface area (Å²) in [7, 11) is 0. The zero-order chi connectivity index (χ0) is 10.1. The summed E-state index contributed by atoms with van der Waals surface area (Å²) in [6.07, 6.45) is 1.72. The van der Waals surface area contributed by atoms with Gasteiger partial charge in [0.1, 0.15) is 0 Å². The van der Waals surface area contributed by atoms with Crippen LogP contribution in [0, 0.1) is 17.0 Å². The van der Waals surface area contributed by atoms with E-state index in [0.717, 1.165) is 5.56 Å². The lowest BCUT2D eigenvalue weighted by Crippen LogP contribution is -2.03. The largest absolute Gasteiger partial charge is 0.281 e. The molecule has 0 atom stereocenters. The first kappa shape index (κ1) is 8.61. The summed E-state index contributed by atoms with van der Waals surface area (Å²) in [6, 6.07) is 3.70. The third kappa shape index (κ3) is 1.30. The molecular weight excluding hydrogens is 184 g/mol. The van der Waals surface area contributed by atoms with Gasteiger partial charge in [0.2, 0.25) is 5.82 Å². The molecule has 0 saturated heterocycles. The molecule has 0 aliphatic rings. The molecule has 0 amide bonds. The third-order valence-electron chi connectivity index (χ3n) is 1.97. The predicted molar refractivity (Wildman–Crippen MR) is 48.4 cm³/mol. The molecule has 0 aliphatic heterocycles. The third-order valence-corrected chi connectivity index (χ3v) is 1.97. The molecule has 0 unspecified atom stereocenters. The summed E-state index contributed by atoms with van der Waals surface area (Å²) in [6.45, 7) is 1.59. The second-order valence-electron chi connectivity index (χ2n) is 2.99. The summed E-state index contributed by atoms with van der Waals surface area (Å²) in [5, 5.41) is 18.0. The Balaban J connectivity index is 2.58. The number of hydrogen-bond donors (Lipinski definition) is 0. The minimum absolute atomic E-state index is 0.301. The molecule has 2 aromatic rings. The number of rotatable bonds is 2. The molecular formula is C8H8N4O2. The highest BCUT2D eigenvalue weighted by atomic mass is 16.6. The maximum Gasteiger partial charge on any atom is 0.263 e. The van der Waals surface area contributed by atoms with Crippen molar-refractivity contribution < 1.29 is 4.92 Å². The van der Waals surface area contributed by atoms with Crippen LogP contribution in [0.2, 0.25) is 0 Å². The highest BCUT2D eigenvalue weighted by molar-refractivity contribution is 5.46. The molecule has 2 aromatic heterocycles. The number of pyridine rings is 1. The van der Waals surface area contributed by atoms with Gasteiger partial charge in [-0.3, -0.25) is 14.5 Å². The van der Waals surface area contributed by atoms with Gasteiger partial charge in [-0.25, -0.2) is 0 Å².